The first-order chi connectivity index (χ1) is 14.1. The van der Waals surface area contributed by atoms with Gasteiger partial charge >= 0.3 is 0 Å². The molecule has 0 bridgehead atoms. The van der Waals surface area contributed by atoms with Crippen LogP contribution in [0, 0.1) is 5.82 Å². The molecule has 8 nitrogen and oxygen atoms in total. The molecule has 0 saturated carbocycles. The van der Waals surface area contributed by atoms with Crippen LogP contribution in [0.2, 0.25) is 0 Å². The highest BCUT2D eigenvalue weighted by molar-refractivity contribution is 7.92. The Balaban J connectivity index is 1.92. The number of carbonyl (C=O) groups excluding carboxylic acids is 1. The molecule has 2 N–H and O–H groups in total. The molecular weight excluding hydrogens is 413 g/mol. The molecule has 160 valence electrons. The highest BCUT2D eigenvalue weighted by Gasteiger charge is 2.43. The standard InChI is InChI=1S/C20H22FN3O5S/c1-20(19(25)23-26,30(3,27)28)10-11-24-12-16-17(22-24)9-8-15(18(16)21)13-4-6-14(29-2)7-5-13/h4-9,12,26H,10-11H2,1-3H3,(H,23,25)/t20-/m1/s1. The van der Waals surface area contributed by atoms with E-state index in [1.807, 2.05) is 0 Å². The molecule has 0 unspecified atom stereocenters. The highest BCUT2D eigenvalue weighted by Crippen LogP contribution is 2.30. The quantitative estimate of drug-likeness (QED) is 0.436. The van der Waals surface area contributed by atoms with Crippen LogP contribution in [0.15, 0.2) is 42.6 Å². The number of fused-ring (bicyclic) bond motifs is 1. The lowest BCUT2D eigenvalue weighted by Crippen LogP contribution is -2.49. The molecule has 30 heavy (non-hydrogen) atoms. The van der Waals surface area contributed by atoms with Crippen LogP contribution in [0.4, 0.5) is 4.39 Å². The number of ether oxygens (including phenoxy) is 1. The van der Waals surface area contributed by atoms with Crippen molar-refractivity contribution < 1.29 is 27.5 Å². The van der Waals surface area contributed by atoms with Crippen molar-refractivity contribution in [1.82, 2.24) is 15.3 Å². The third-order valence-electron chi connectivity index (χ3n) is 5.29. The van der Waals surface area contributed by atoms with Gasteiger partial charge in [-0.15, -0.1) is 0 Å². The molecule has 1 atom stereocenters. The number of nitrogens with zero attached hydrogens (tertiary/aromatic N) is 2. The molecule has 2 aromatic carbocycles. The Morgan fingerprint density at radius 1 is 1.27 bits per heavy atom. The topological polar surface area (TPSA) is 111 Å². The van der Waals surface area contributed by atoms with Gasteiger partial charge < -0.3 is 4.74 Å². The van der Waals surface area contributed by atoms with Crippen molar-refractivity contribution in [2.24, 2.45) is 0 Å². The lowest BCUT2D eigenvalue weighted by Gasteiger charge is -2.24. The number of hydroxylamine groups is 1. The summed E-state index contributed by atoms with van der Waals surface area (Å²) in [7, 11) is -2.28. The van der Waals surface area contributed by atoms with E-state index >= 15 is 4.39 Å². The van der Waals surface area contributed by atoms with E-state index < -0.39 is 26.3 Å². The van der Waals surface area contributed by atoms with Crippen molar-refractivity contribution in [3.8, 4) is 16.9 Å². The molecule has 1 heterocycles. The number of rotatable bonds is 7. The number of aromatic nitrogens is 2. The molecule has 1 aromatic heterocycles. The predicted octanol–water partition coefficient (Wildman–Crippen LogP) is 2.55. The molecule has 1 amide bonds. The molecule has 0 aliphatic rings. The molecule has 0 radical (unpaired) electrons. The second kappa shape index (κ2) is 8.04. The van der Waals surface area contributed by atoms with E-state index in [2.05, 4.69) is 5.10 Å². The van der Waals surface area contributed by atoms with Gasteiger partial charge in [0, 0.05) is 24.6 Å². The lowest BCUT2D eigenvalue weighted by molar-refractivity contribution is -0.131. The Kier molecular flexibility index (Phi) is 5.82. The van der Waals surface area contributed by atoms with Gasteiger partial charge in [-0.3, -0.25) is 14.7 Å². The van der Waals surface area contributed by atoms with Gasteiger partial charge in [-0.2, -0.15) is 5.10 Å². The van der Waals surface area contributed by atoms with Gasteiger partial charge in [0.05, 0.1) is 18.0 Å². The first-order valence-electron chi connectivity index (χ1n) is 9.05. The molecule has 10 heteroatoms. The van der Waals surface area contributed by atoms with E-state index in [-0.39, 0.29) is 18.4 Å². The maximum atomic E-state index is 15.1. The first kappa shape index (κ1) is 21.7. The molecule has 3 aromatic rings. The van der Waals surface area contributed by atoms with Crippen LogP contribution in [0.25, 0.3) is 22.0 Å². The van der Waals surface area contributed by atoms with E-state index in [1.165, 1.54) is 23.3 Å². The summed E-state index contributed by atoms with van der Waals surface area (Å²) < 4.78 is 43.9. The van der Waals surface area contributed by atoms with Crippen LogP contribution in [0.1, 0.15) is 13.3 Å². The van der Waals surface area contributed by atoms with Crippen LogP contribution in [-0.2, 0) is 21.2 Å². The number of methoxy groups -OCH3 is 1. The number of amides is 1. The SMILES string of the molecule is COc1ccc(-c2ccc3nn(CC[C@](C)(C(=O)NO)S(C)(=O)=O)cc3c2F)cc1. The second-order valence-electron chi connectivity index (χ2n) is 7.17. The number of nitrogens with one attached hydrogen (secondary N) is 1. The number of hydrogen-bond donors (Lipinski definition) is 2. The fraction of sp³-hybridized carbons (Fsp3) is 0.300. The van der Waals surface area contributed by atoms with Gasteiger partial charge in [0.2, 0.25) is 0 Å². The van der Waals surface area contributed by atoms with Crippen LogP contribution in [0.3, 0.4) is 0 Å². The van der Waals surface area contributed by atoms with Crippen LogP contribution < -0.4 is 10.2 Å². The molecular formula is C20H22FN3O5S. The predicted molar refractivity (Wildman–Crippen MR) is 109 cm³/mol. The largest absolute Gasteiger partial charge is 0.497 e. The summed E-state index contributed by atoms with van der Waals surface area (Å²) in [6.45, 7) is 1.25. The third kappa shape index (κ3) is 3.88. The summed E-state index contributed by atoms with van der Waals surface area (Å²) in [4.78, 5) is 11.9. The van der Waals surface area contributed by atoms with Crippen LogP contribution in [-0.4, -0.2) is 47.4 Å². The van der Waals surface area contributed by atoms with Crippen molar-refractivity contribution in [3.05, 3.63) is 48.4 Å². The number of carbonyl (C=O) groups is 1. The number of benzene rings is 2. The zero-order valence-corrected chi connectivity index (χ0v) is 17.5. The van der Waals surface area contributed by atoms with Gasteiger partial charge in [0.15, 0.2) is 14.6 Å². The van der Waals surface area contributed by atoms with Gasteiger partial charge in [-0.05, 0) is 43.2 Å². The molecule has 0 spiro atoms. The van der Waals surface area contributed by atoms with Gasteiger partial charge in [0.25, 0.3) is 5.91 Å². The minimum Gasteiger partial charge on any atom is -0.497 e. The van der Waals surface area contributed by atoms with E-state index in [0.717, 1.165) is 6.26 Å². The van der Waals surface area contributed by atoms with E-state index in [1.54, 1.807) is 43.5 Å². The Hall–Kier alpha value is -2.98. The molecule has 0 aliphatic carbocycles. The first-order valence-corrected chi connectivity index (χ1v) is 10.9. The Morgan fingerprint density at radius 2 is 1.93 bits per heavy atom. The van der Waals surface area contributed by atoms with Crippen molar-refractivity contribution >= 4 is 26.6 Å². The van der Waals surface area contributed by atoms with Gasteiger partial charge in [-0.25, -0.2) is 18.3 Å². The number of halogens is 1. The van der Waals surface area contributed by atoms with E-state index in [9.17, 15) is 13.2 Å². The zero-order valence-electron chi connectivity index (χ0n) is 16.7. The minimum atomic E-state index is -3.83. The summed E-state index contributed by atoms with van der Waals surface area (Å²) in [5, 5.41) is 13.5. The second-order valence-corrected chi connectivity index (χ2v) is 9.62. The molecule has 0 fully saturated rings. The summed E-state index contributed by atoms with van der Waals surface area (Å²) in [6, 6.07) is 10.3. The Labute approximate surface area is 173 Å². The van der Waals surface area contributed by atoms with E-state index in [4.69, 9.17) is 9.94 Å². The molecule has 0 aliphatic heterocycles. The zero-order chi connectivity index (χ0) is 22.1. The average Bonchev–Trinajstić information content (AvgIpc) is 3.15. The smallest absolute Gasteiger partial charge is 0.264 e. The third-order valence-corrected chi connectivity index (χ3v) is 7.32. The monoisotopic (exact) mass is 435 g/mol. The normalized spacial score (nSPS) is 13.8. The Bertz CT molecular complexity index is 1190. The summed E-state index contributed by atoms with van der Waals surface area (Å²) in [5.74, 6) is -0.827. The summed E-state index contributed by atoms with van der Waals surface area (Å²) >= 11 is 0. The average molecular weight is 435 g/mol. The number of hydrogen-bond acceptors (Lipinski definition) is 6. The maximum Gasteiger partial charge on any atom is 0.264 e. The summed E-state index contributed by atoms with van der Waals surface area (Å²) in [5.41, 5.74) is 2.87. The van der Waals surface area contributed by atoms with Crippen LogP contribution in [0.5, 0.6) is 5.75 Å². The molecule has 0 saturated heterocycles. The van der Waals surface area contributed by atoms with E-state index in [0.29, 0.717) is 22.4 Å². The Morgan fingerprint density at radius 3 is 2.50 bits per heavy atom. The maximum absolute atomic E-state index is 15.1. The molecule has 3 rings (SSSR count). The van der Waals surface area contributed by atoms with Crippen molar-refractivity contribution in [3.63, 3.8) is 0 Å². The minimum absolute atomic E-state index is 0.0307. The van der Waals surface area contributed by atoms with Crippen molar-refractivity contribution in [2.75, 3.05) is 13.4 Å². The lowest BCUT2D eigenvalue weighted by atomic mass is 10.0. The number of sulfone groups is 1. The fourth-order valence-corrected chi connectivity index (χ4v) is 3.98. The summed E-state index contributed by atoms with van der Waals surface area (Å²) in [6.07, 6.45) is 2.24. The van der Waals surface area contributed by atoms with Crippen molar-refractivity contribution in [1.29, 1.82) is 0 Å². The van der Waals surface area contributed by atoms with Crippen LogP contribution >= 0.6 is 0 Å². The fourth-order valence-electron chi connectivity index (χ4n) is 3.13. The number of aryl methyl sites for hydroxylation is 1. The van der Waals surface area contributed by atoms with Gasteiger partial charge in [-0.1, -0.05) is 12.1 Å². The van der Waals surface area contributed by atoms with Gasteiger partial charge in [0.1, 0.15) is 11.6 Å². The highest BCUT2D eigenvalue weighted by atomic mass is 32.2. The van der Waals surface area contributed by atoms with Crippen molar-refractivity contribution in [2.45, 2.75) is 24.6 Å².